The smallest absolute Gasteiger partial charge is 0.264 e. The molecule has 1 aliphatic rings. The van der Waals surface area contributed by atoms with Crippen molar-refractivity contribution in [1.82, 2.24) is 10.2 Å². The molecule has 4 aromatic rings. The number of rotatable bonds is 14. The molecule has 4 aromatic carbocycles. The summed E-state index contributed by atoms with van der Waals surface area (Å²) in [5.41, 5.74) is 3.81. The van der Waals surface area contributed by atoms with E-state index < -0.39 is 28.5 Å². The molecule has 0 aromatic heterocycles. The minimum atomic E-state index is -4.17. The summed E-state index contributed by atoms with van der Waals surface area (Å²) >= 11 is 0. The van der Waals surface area contributed by atoms with Gasteiger partial charge in [-0.25, -0.2) is 8.42 Å². The van der Waals surface area contributed by atoms with E-state index in [9.17, 15) is 18.0 Å². The second-order valence-corrected chi connectivity index (χ2v) is 14.2. The molecule has 5 rings (SSSR count). The van der Waals surface area contributed by atoms with Crippen LogP contribution in [0.15, 0.2) is 108 Å². The molecule has 0 spiro atoms. The molecule has 0 heterocycles. The number of benzene rings is 4. The molecule has 252 valence electrons. The van der Waals surface area contributed by atoms with E-state index in [1.54, 1.807) is 43.5 Å². The number of aryl methyl sites for hydroxylation is 2. The van der Waals surface area contributed by atoms with Crippen molar-refractivity contribution < 1.29 is 22.7 Å². The molecular formula is C39H45N3O5S. The van der Waals surface area contributed by atoms with Crippen molar-refractivity contribution in [2.75, 3.05) is 18.0 Å². The highest BCUT2D eigenvalue weighted by Gasteiger charge is 2.36. The van der Waals surface area contributed by atoms with Crippen molar-refractivity contribution in [3.8, 4) is 5.75 Å². The average molecular weight is 668 g/mol. The van der Waals surface area contributed by atoms with Gasteiger partial charge >= 0.3 is 0 Å². The number of carbonyl (C=O) groups is 2. The lowest BCUT2D eigenvalue weighted by atomic mass is 10.0. The van der Waals surface area contributed by atoms with Gasteiger partial charge in [-0.3, -0.25) is 13.9 Å². The molecule has 9 heteroatoms. The Bertz CT molecular complexity index is 1790. The van der Waals surface area contributed by atoms with Crippen LogP contribution in [0.3, 0.4) is 0 Å². The second-order valence-electron chi connectivity index (χ2n) is 12.4. The molecule has 2 amide bonds. The first-order chi connectivity index (χ1) is 23.2. The maximum atomic E-state index is 14.8. The molecule has 1 N–H and O–H groups in total. The van der Waals surface area contributed by atoms with E-state index in [0.29, 0.717) is 17.9 Å². The van der Waals surface area contributed by atoms with Gasteiger partial charge in [-0.05, 0) is 73.2 Å². The van der Waals surface area contributed by atoms with Gasteiger partial charge in [-0.15, -0.1) is 0 Å². The predicted octanol–water partition coefficient (Wildman–Crippen LogP) is 6.46. The Morgan fingerprint density at radius 3 is 2.23 bits per heavy atom. The Morgan fingerprint density at radius 1 is 0.875 bits per heavy atom. The molecule has 0 unspecified atom stereocenters. The van der Waals surface area contributed by atoms with Crippen molar-refractivity contribution in [3.05, 3.63) is 125 Å². The molecule has 0 bridgehead atoms. The zero-order valence-corrected chi connectivity index (χ0v) is 28.8. The van der Waals surface area contributed by atoms with Crippen LogP contribution in [0.1, 0.15) is 54.9 Å². The third-order valence-corrected chi connectivity index (χ3v) is 10.8. The van der Waals surface area contributed by atoms with Crippen molar-refractivity contribution in [2.24, 2.45) is 0 Å². The van der Waals surface area contributed by atoms with Crippen LogP contribution < -0.4 is 14.4 Å². The molecular weight excluding hydrogens is 623 g/mol. The van der Waals surface area contributed by atoms with E-state index in [0.717, 1.165) is 47.9 Å². The number of ether oxygens (including phenoxy) is 1. The monoisotopic (exact) mass is 667 g/mol. The van der Waals surface area contributed by atoms with Crippen LogP contribution in [0, 0.1) is 6.92 Å². The first-order valence-electron chi connectivity index (χ1n) is 16.6. The van der Waals surface area contributed by atoms with Crippen LogP contribution in [0.25, 0.3) is 0 Å². The second kappa shape index (κ2) is 16.0. The molecule has 0 aliphatic heterocycles. The van der Waals surface area contributed by atoms with Crippen LogP contribution >= 0.6 is 0 Å². The number of nitrogens with one attached hydrogen (secondary N) is 1. The van der Waals surface area contributed by atoms with E-state index in [2.05, 4.69) is 5.32 Å². The number of anilines is 1. The summed E-state index contributed by atoms with van der Waals surface area (Å²) < 4.78 is 35.5. The third kappa shape index (κ3) is 8.44. The standard InChI is InChI=1S/C39H45N3O5S/c1-4-32-16-8-11-20-36(32)42(48(45,46)35-23-21-29(2)22-24-35)28-38(43)41(27-31-15-12-19-34(25-31)47-3)37(26-30-13-6-5-7-14-30)39(44)40-33-17-9-10-18-33/h5-8,11-16,19-25,33,37H,4,9-10,17-18,26-28H2,1-3H3,(H,40,44)/t37-/m1/s1. The lowest BCUT2D eigenvalue weighted by molar-refractivity contribution is -0.140. The summed E-state index contributed by atoms with van der Waals surface area (Å²) in [6, 6.07) is 30.0. The first-order valence-corrected chi connectivity index (χ1v) is 18.1. The molecule has 48 heavy (non-hydrogen) atoms. The summed E-state index contributed by atoms with van der Waals surface area (Å²) in [5, 5.41) is 3.22. The van der Waals surface area contributed by atoms with Crippen molar-refractivity contribution in [1.29, 1.82) is 0 Å². The van der Waals surface area contributed by atoms with E-state index >= 15 is 0 Å². The zero-order valence-electron chi connectivity index (χ0n) is 28.0. The fourth-order valence-corrected chi connectivity index (χ4v) is 7.74. The normalized spacial score (nSPS) is 13.9. The molecule has 8 nitrogen and oxygen atoms in total. The van der Waals surface area contributed by atoms with Crippen LogP contribution in [0.4, 0.5) is 5.69 Å². The Balaban J connectivity index is 1.59. The van der Waals surface area contributed by atoms with Gasteiger partial charge in [-0.1, -0.05) is 98.1 Å². The molecule has 1 atom stereocenters. The van der Waals surface area contributed by atoms with Crippen LogP contribution in [-0.4, -0.2) is 50.9 Å². The quantitative estimate of drug-likeness (QED) is 0.167. The van der Waals surface area contributed by atoms with E-state index in [4.69, 9.17) is 4.74 Å². The zero-order chi connectivity index (χ0) is 34.1. The fourth-order valence-electron chi connectivity index (χ4n) is 6.29. The maximum absolute atomic E-state index is 14.8. The van der Waals surface area contributed by atoms with Gasteiger partial charge in [0, 0.05) is 19.0 Å². The number of nitrogens with zero attached hydrogens (tertiary/aromatic N) is 2. The highest BCUT2D eigenvalue weighted by Crippen LogP contribution is 2.29. The Kier molecular flexibility index (Phi) is 11.5. The number of para-hydroxylation sites is 1. The summed E-state index contributed by atoms with van der Waals surface area (Å²) in [6.07, 6.45) is 4.71. The molecule has 1 aliphatic carbocycles. The van der Waals surface area contributed by atoms with Crippen molar-refractivity contribution in [2.45, 2.75) is 75.9 Å². The summed E-state index contributed by atoms with van der Waals surface area (Å²) in [6.45, 7) is 3.44. The van der Waals surface area contributed by atoms with Gasteiger partial charge in [0.15, 0.2) is 0 Å². The van der Waals surface area contributed by atoms with Gasteiger partial charge in [0.25, 0.3) is 10.0 Å². The first kappa shape index (κ1) is 34.7. The van der Waals surface area contributed by atoms with Crippen LogP contribution in [0.2, 0.25) is 0 Å². The lowest BCUT2D eigenvalue weighted by Gasteiger charge is -2.34. The van der Waals surface area contributed by atoms with Crippen molar-refractivity contribution >= 4 is 27.5 Å². The highest BCUT2D eigenvalue weighted by molar-refractivity contribution is 7.92. The maximum Gasteiger partial charge on any atom is 0.264 e. The number of hydrogen-bond donors (Lipinski definition) is 1. The number of carbonyl (C=O) groups excluding carboxylic acids is 2. The SMILES string of the molecule is CCc1ccccc1N(CC(=O)N(Cc1cccc(OC)c1)[C@H](Cc1ccccc1)C(=O)NC1CCCC1)S(=O)(=O)c1ccc(C)cc1. The van der Waals surface area contributed by atoms with Crippen LogP contribution in [-0.2, 0) is 39.0 Å². The number of sulfonamides is 1. The Labute approximate surface area is 284 Å². The minimum absolute atomic E-state index is 0.0411. The molecule has 0 saturated heterocycles. The van der Waals surface area contributed by atoms with Gasteiger partial charge in [0.05, 0.1) is 17.7 Å². The average Bonchev–Trinajstić information content (AvgIpc) is 3.62. The Morgan fingerprint density at radius 2 is 1.54 bits per heavy atom. The van der Waals surface area contributed by atoms with Gasteiger partial charge < -0.3 is 15.0 Å². The fraction of sp³-hybridized carbons (Fsp3) is 0.333. The highest BCUT2D eigenvalue weighted by atomic mass is 32.2. The summed E-state index contributed by atoms with van der Waals surface area (Å²) in [7, 11) is -2.60. The van der Waals surface area contributed by atoms with E-state index in [-0.39, 0.29) is 29.8 Å². The number of amides is 2. The summed E-state index contributed by atoms with van der Waals surface area (Å²) in [5.74, 6) is -0.110. The number of methoxy groups -OCH3 is 1. The van der Waals surface area contributed by atoms with E-state index in [1.165, 1.54) is 9.21 Å². The van der Waals surface area contributed by atoms with Gasteiger partial charge in [0.2, 0.25) is 11.8 Å². The van der Waals surface area contributed by atoms with Gasteiger partial charge in [-0.2, -0.15) is 0 Å². The molecule has 0 radical (unpaired) electrons. The van der Waals surface area contributed by atoms with Crippen molar-refractivity contribution in [3.63, 3.8) is 0 Å². The molecule has 1 saturated carbocycles. The number of hydrogen-bond acceptors (Lipinski definition) is 5. The lowest BCUT2D eigenvalue weighted by Crippen LogP contribution is -2.54. The Hall–Kier alpha value is -4.63. The topological polar surface area (TPSA) is 96.0 Å². The minimum Gasteiger partial charge on any atom is -0.497 e. The summed E-state index contributed by atoms with van der Waals surface area (Å²) in [4.78, 5) is 30.6. The third-order valence-electron chi connectivity index (χ3n) is 8.99. The largest absolute Gasteiger partial charge is 0.497 e. The van der Waals surface area contributed by atoms with Gasteiger partial charge in [0.1, 0.15) is 18.3 Å². The van der Waals surface area contributed by atoms with E-state index in [1.807, 2.05) is 80.6 Å². The molecule has 1 fully saturated rings. The predicted molar refractivity (Wildman–Crippen MR) is 189 cm³/mol. The van der Waals surface area contributed by atoms with Crippen LogP contribution in [0.5, 0.6) is 5.75 Å².